The first kappa shape index (κ1) is 17.5. The second-order valence-corrected chi connectivity index (χ2v) is 6.99. The minimum absolute atomic E-state index is 0.0187. The minimum Gasteiger partial charge on any atom is -0.351 e. The second-order valence-electron chi connectivity index (χ2n) is 6.07. The van der Waals surface area contributed by atoms with E-state index in [0.29, 0.717) is 23.5 Å². The molecule has 1 aliphatic heterocycles. The lowest BCUT2D eigenvalue weighted by Gasteiger charge is -2.30. The van der Waals surface area contributed by atoms with Gasteiger partial charge in [0.15, 0.2) is 0 Å². The molecule has 0 amide bonds. The topological polar surface area (TPSA) is 84.2 Å². The summed E-state index contributed by atoms with van der Waals surface area (Å²) in [5.41, 5.74) is -0.123. The van der Waals surface area contributed by atoms with E-state index in [1.807, 2.05) is 4.90 Å². The van der Waals surface area contributed by atoms with Crippen molar-refractivity contribution in [2.75, 3.05) is 23.3 Å². The zero-order valence-corrected chi connectivity index (χ0v) is 15.2. The van der Waals surface area contributed by atoms with Gasteiger partial charge >= 0.3 is 5.69 Å². The maximum Gasteiger partial charge on any atom is 0.353 e. The van der Waals surface area contributed by atoms with Gasteiger partial charge in [-0.3, -0.25) is 10.1 Å². The minimum atomic E-state index is -0.532. The Kier molecular flexibility index (Phi) is 5.12. The molecular formula is C16H17BrFN5O2. The van der Waals surface area contributed by atoms with Gasteiger partial charge in [0.1, 0.15) is 12.1 Å². The Hall–Kier alpha value is -2.29. The molecule has 1 aliphatic rings. The van der Waals surface area contributed by atoms with Crippen LogP contribution in [0.15, 0.2) is 29.0 Å². The van der Waals surface area contributed by atoms with Gasteiger partial charge in [0.05, 0.1) is 10.6 Å². The van der Waals surface area contributed by atoms with Crippen molar-refractivity contribution in [3.8, 4) is 0 Å². The summed E-state index contributed by atoms with van der Waals surface area (Å²) < 4.78 is 14.6. The molecule has 0 unspecified atom stereocenters. The summed E-state index contributed by atoms with van der Waals surface area (Å²) in [6.45, 7) is 3.56. The standard InChI is InChI=1S/C16H17BrFN5O2/c1-10-4-6-22(7-5-10)16-14(23(24)25)15(19-9-20-16)21-13-3-2-11(17)8-12(13)18/h2-3,8-10H,4-7H2,1H3,(H,19,20,21). The third-order valence-electron chi connectivity index (χ3n) is 4.25. The van der Waals surface area contributed by atoms with E-state index in [2.05, 4.69) is 38.1 Å². The molecule has 0 bridgehead atoms. The monoisotopic (exact) mass is 409 g/mol. The molecule has 25 heavy (non-hydrogen) atoms. The van der Waals surface area contributed by atoms with Crippen molar-refractivity contribution in [1.82, 2.24) is 9.97 Å². The summed E-state index contributed by atoms with van der Waals surface area (Å²) in [7, 11) is 0. The van der Waals surface area contributed by atoms with Gasteiger partial charge in [-0.25, -0.2) is 14.4 Å². The van der Waals surface area contributed by atoms with E-state index in [1.165, 1.54) is 18.5 Å². The molecule has 1 aromatic carbocycles. The molecule has 1 saturated heterocycles. The lowest BCUT2D eigenvalue weighted by Crippen LogP contribution is -2.34. The van der Waals surface area contributed by atoms with Crippen LogP contribution in [0.4, 0.5) is 27.4 Å². The number of rotatable bonds is 4. The first-order chi connectivity index (χ1) is 12.0. The Morgan fingerprint density at radius 1 is 1.36 bits per heavy atom. The van der Waals surface area contributed by atoms with Gasteiger partial charge in [-0.2, -0.15) is 0 Å². The zero-order chi connectivity index (χ0) is 18.0. The number of hydrogen-bond donors (Lipinski definition) is 1. The molecule has 1 aromatic heterocycles. The maximum absolute atomic E-state index is 14.1. The first-order valence-corrected chi connectivity index (χ1v) is 8.71. The highest BCUT2D eigenvalue weighted by atomic mass is 79.9. The summed E-state index contributed by atoms with van der Waals surface area (Å²) in [5, 5.41) is 14.4. The number of nitrogens with zero attached hydrogens (tertiary/aromatic N) is 4. The molecule has 3 rings (SSSR count). The fourth-order valence-corrected chi connectivity index (χ4v) is 3.13. The third-order valence-corrected chi connectivity index (χ3v) is 4.75. The molecule has 2 heterocycles. The van der Waals surface area contributed by atoms with Crippen LogP contribution in [0, 0.1) is 21.8 Å². The van der Waals surface area contributed by atoms with Crippen molar-refractivity contribution in [1.29, 1.82) is 0 Å². The molecule has 0 aliphatic carbocycles. The summed E-state index contributed by atoms with van der Waals surface area (Å²) in [6.07, 6.45) is 3.16. The SMILES string of the molecule is CC1CCN(c2ncnc(Nc3ccc(Br)cc3F)c2[N+](=O)[O-])CC1. The Labute approximate surface area is 152 Å². The van der Waals surface area contributed by atoms with Gasteiger partial charge in [0, 0.05) is 17.6 Å². The quantitative estimate of drug-likeness (QED) is 0.599. The number of anilines is 3. The van der Waals surface area contributed by atoms with E-state index in [-0.39, 0.29) is 23.0 Å². The van der Waals surface area contributed by atoms with Gasteiger partial charge in [-0.15, -0.1) is 0 Å². The van der Waals surface area contributed by atoms with E-state index in [0.717, 1.165) is 12.8 Å². The lowest BCUT2D eigenvalue weighted by molar-refractivity contribution is -0.383. The van der Waals surface area contributed by atoms with Crippen LogP contribution in [-0.2, 0) is 0 Å². The van der Waals surface area contributed by atoms with E-state index >= 15 is 0 Å². The smallest absolute Gasteiger partial charge is 0.351 e. The zero-order valence-electron chi connectivity index (χ0n) is 13.6. The van der Waals surface area contributed by atoms with Crippen LogP contribution in [0.1, 0.15) is 19.8 Å². The summed E-state index contributed by atoms with van der Waals surface area (Å²) >= 11 is 3.18. The Morgan fingerprint density at radius 3 is 2.72 bits per heavy atom. The fraction of sp³-hybridized carbons (Fsp3) is 0.375. The van der Waals surface area contributed by atoms with Crippen LogP contribution >= 0.6 is 15.9 Å². The Bertz CT molecular complexity index is 796. The van der Waals surface area contributed by atoms with E-state index in [1.54, 1.807) is 6.07 Å². The number of nitro groups is 1. The first-order valence-electron chi connectivity index (χ1n) is 7.92. The van der Waals surface area contributed by atoms with Crippen molar-refractivity contribution in [3.63, 3.8) is 0 Å². The van der Waals surface area contributed by atoms with Crippen LogP contribution < -0.4 is 10.2 Å². The summed E-state index contributed by atoms with van der Waals surface area (Å²) in [5.74, 6) is 0.309. The third kappa shape index (κ3) is 3.87. The summed E-state index contributed by atoms with van der Waals surface area (Å²) in [4.78, 5) is 21.1. The second kappa shape index (κ2) is 7.30. The van der Waals surface area contributed by atoms with Crippen LogP contribution in [0.3, 0.4) is 0 Å². The van der Waals surface area contributed by atoms with Crippen molar-refractivity contribution in [2.45, 2.75) is 19.8 Å². The number of piperidine rings is 1. The number of aromatic nitrogens is 2. The van der Waals surface area contributed by atoms with Crippen molar-refractivity contribution in [2.24, 2.45) is 5.92 Å². The van der Waals surface area contributed by atoms with Gasteiger partial charge in [0.2, 0.25) is 11.6 Å². The molecule has 9 heteroatoms. The van der Waals surface area contributed by atoms with Gasteiger partial charge < -0.3 is 10.2 Å². The average molecular weight is 410 g/mol. The van der Waals surface area contributed by atoms with Crippen LogP contribution in [-0.4, -0.2) is 28.0 Å². The van der Waals surface area contributed by atoms with Gasteiger partial charge in [-0.05, 0) is 37.0 Å². The normalized spacial score (nSPS) is 15.2. The van der Waals surface area contributed by atoms with Crippen molar-refractivity contribution in [3.05, 3.63) is 44.9 Å². The highest BCUT2D eigenvalue weighted by Gasteiger charge is 2.29. The number of benzene rings is 1. The van der Waals surface area contributed by atoms with Gasteiger partial charge in [-0.1, -0.05) is 22.9 Å². The molecule has 132 valence electrons. The Balaban J connectivity index is 1.96. The predicted octanol–water partition coefficient (Wildman–Crippen LogP) is 4.27. The maximum atomic E-state index is 14.1. The van der Waals surface area contributed by atoms with Crippen molar-refractivity contribution < 1.29 is 9.31 Å². The Morgan fingerprint density at radius 2 is 2.08 bits per heavy atom. The molecule has 1 fully saturated rings. The van der Waals surface area contributed by atoms with Crippen LogP contribution in [0.25, 0.3) is 0 Å². The highest BCUT2D eigenvalue weighted by Crippen LogP contribution is 2.35. The molecule has 0 spiro atoms. The van der Waals surface area contributed by atoms with Crippen molar-refractivity contribution >= 4 is 38.9 Å². The highest BCUT2D eigenvalue weighted by molar-refractivity contribution is 9.10. The molecule has 0 radical (unpaired) electrons. The van der Waals surface area contributed by atoms with E-state index in [9.17, 15) is 14.5 Å². The number of hydrogen-bond acceptors (Lipinski definition) is 6. The molecular weight excluding hydrogens is 393 g/mol. The molecule has 1 N–H and O–H groups in total. The molecule has 7 nitrogen and oxygen atoms in total. The molecule has 0 atom stereocenters. The average Bonchev–Trinajstić information content (AvgIpc) is 2.57. The molecule has 0 saturated carbocycles. The number of nitrogens with one attached hydrogen (secondary N) is 1. The fourth-order valence-electron chi connectivity index (χ4n) is 2.80. The van der Waals surface area contributed by atoms with Gasteiger partial charge in [0.25, 0.3) is 0 Å². The van der Waals surface area contributed by atoms with E-state index < -0.39 is 10.7 Å². The predicted molar refractivity (Wildman–Crippen MR) is 96.7 cm³/mol. The van der Waals surface area contributed by atoms with E-state index in [4.69, 9.17) is 0 Å². The van der Waals surface area contributed by atoms with Crippen LogP contribution in [0.5, 0.6) is 0 Å². The molecule has 2 aromatic rings. The lowest BCUT2D eigenvalue weighted by atomic mass is 9.99. The largest absolute Gasteiger partial charge is 0.353 e. The number of halogens is 2. The summed E-state index contributed by atoms with van der Waals surface area (Å²) in [6, 6.07) is 4.42. The van der Waals surface area contributed by atoms with Crippen LogP contribution in [0.2, 0.25) is 0 Å².